The first kappa shape index (κ1) is 13.4. The fourth-order valence-corrected chi connectivity index (χ4v) is 1.86. The summed E-state index contributed by atoms with van der Waals surface area (Å²) < 4.78 is 5.23. The Morgan fingerprint density at radius 1 is 1.37 bits per heavy atom. The summed E-state index contributed by atoms with van der Waals surface area (Å²) in [6, 6.07) is 7.46. The van der Waals surface area contributed by atoms with Crippen molar-refractivity contribution in [3.63, 3.8) is 0 Å². The van der Waals surface area contributed by atoms with Crippen LogP contribution in [0.5, 0.6) is 5.75 Å². The Morgan fingerprint density at radius 2 is 2.05 bits per heavy atom. The Hall–Kier alpha value is -2.04. The zero-order chi connectivity index (χ0) is 13.8. The highest BCUT2D eigenvalue weighted by molar-refractivity contribution is 5.98. The molecular weight excluding hydrogens is 244 g/mol. The van der Waals surface area contributed by atoms with Gasteiger partial charge in [-0.3, -0.25) is 14.5 Å². The minimum Gasteiger partial charge on any atom is -0.495 e. The molecule has 102 valence electrons. The molecule has 0 saturated heterocycles. The van der Waals surface area contributed by atoms with E-state index in [0.717, 1.165) is 12.8 Å². The number of nitrogens with one attached hydrogen (secondary N) is 1. The zero-order valence-corrected chi connectivity index (χ0v) is 11.2. The molecule has 0 radical (unpaired) electrons. The zero-order valence-electron chi connectivity index (χ0n) is 11.2. The molecule has 5 nitrogen and oxygen atoms in total. The van der Waals surface area contributed by atoms with Crippen molar-refractivity contribution >= 4 is 17.5 Å². The first-order chi connectivity index (χ1) is 9.11. The summed E-state index contributed by atoms with van der Waals surface area (Å²) in [5.41, 5.74) is 0.614. The maximum atomic E-state index is 11.8. The highest BCUT2D eigenvalue weighted by atomic mass is 16.5. The van der Waals surface area contributed by atoms with Crippen molar-refractivity contribution in [2.45, 2.75) is 25.8 Å². The number of rotatable bonds is 5. The first-order valence-corrected chi connectivity index (χ1v) is 6.32. The number of methoxy groups -OCH3 is 1. The number of ether oxygens (including phenoxy) is 1. The highest BCUT2D eigenvalue weighted by Gasteiger charge is 2.25. The predicted octanol–water partition coefficient (Wildman–Crippen LogP) is 1.33. The molecule has 19 heavy (non-hydrogen) atoms. The molecule has 0 heterocycles. The molecule has 0 aromatic heterocycles. The molecular formula is C14H18N2O3. The third-order valence-electron chi connectivity index (χ3n) is 3.00. The van der Waals surface area contributed by atoms with Crippen molar-refractivity contribution < 1.29 is 14.3 Å². The summed E-state index contributed by atoms with van der Waals surface area (Å²) in [4.78, 5) is 25.0. The summed E-state index contributed by atoms with van der Waals surface area (Å²) in [5.74, 6) is 0.260. The van der Waals surface area contributed by atoms with Crippen molar-refractivity contribution in [1.82, 2.24) is 5.32 Å². The van der Waals surface area contributed by atoms with Gasteiger partial charge in [-0.1, -0.05) is 12.1 Å². The number of anilines is 1. The van der Waals surface area contributed by atoms with E-state index in [0.29, 0.717) is 17.5 Å². The van der Waals surface area contributed by atoms with Gasteiger partial charge >= 0.3 is 0 Å². The standard InChI is InChI=1S/C14H18N2O3/c1-10(17)16(9-14(18)15-11-7-8-11)12-5-3-4-6-13(12)19-2/h3-6,11H,7-9H2,1-2H3,(H,15,18). The Morgan fingerprint density at radius 3 is 2.63 bits per heavy atom. The van der Waals surface area contributed by atoms with Gasteiger partial charge in [-0.2, -0.15) is 0 Å². The average Bonchev–Trinajstić information content (AvgIpc) is 3.19. The molecule has 1 aromatic carbocycles. The second-order valence-electron chi connectivity index (χ2n) is 4.62. The van der Waals surface area contributed by atoms with Crippen LogP contribution in [-0.4, -0.2) is 31.5 Å². The van der Waals surface area contributed by atoms with Crippen LogP contribution in [0.2, 0.25) is 0 Å². The van der Waals surface area contributed by atoms with Crippen LogP contribution in [0.15, 0.2) is 24.3 Å². The maximum absolute atomic E-state index is 11.8. The number of hydrogen-bond acceptors (Lipinski definition) is 3. The maximum Gasteiger partial charge on any atom is 0.240 e. The van der Waals surface area contributed by atoms with E-state index in [9.17, 15) is 9.59 Å². The van der Waals surface area contributed by atoms with Gasteiger partial charge < -0.3 is 10.1 Å². The van der Waals surface area contributed by atoms with E-state index < -0.39 is 0 Å². The molecule has 1 N–H and O–H groups in total. The molecule has 1 fully saturated rings. The van der Waals surface area contributed by atoms with Crippen molar-refractivity contribution in [2.75, 3.05) is 18.6 Å². The van der Waals surface area contributed by atoms with Crippen LogP contribution in [0.4, 0.5) is 5.69 Å². The topological polar surface area (TPSA) is 58.6 Å². The van der Waals surface area contributed by atoms with E-state index in [2.05, 4.69) is 5.32 Å². The number of amides is 2. The summed E-state index contributed by atoms with van der Waals surface area (Å²) in [5, 5.41) is 2.87. The molecule has 0 unspecified atom stereocenters. The summed E-state index contributed by atoms with van der Waals surface area (Å²) in [7, 11) is 1.54. The second-order valence-corrected chi connectivity index (χ2v) is 4.62. The molecule has 1 aromatic rings. The van der Waals surface area contributed by atoms with Crippen LogP contribution in [0.3, 0.4) is 0 Å². The fourth-order valence-electron chi connectivity index (χ4n) is 1.86. The molecule has 2 amide bonds. The Bertz CT molecular complexity index is 483. The van der Waals surface area contributed by atoms with Gasteiger partial charge in [0.1, 0.15) is 12.3 Å². The minimum absolute atomic E-state index is 0.0200. The number of benzene rings is 1. The normalized spacial score (nSPS) is 13.8. The van der Waals surface area contributed by atoms with Gasteiger partial charge in [0.2, 0.25) is 11.8 Å². The van der Waals surface area contributed by atoms with Gasteiger partial charge in [-0.25, -0.2) is 0 Å². The smallest absolute Gasteiger partial charge is 0.240 e. The van der Waals surface area contributed by atoms with Crippen molar-refractivity contribution in [3.8, 4) is 5.75 Å². The van der Waals surface area contributed by atoms with Gasteiger partial charge in [0.25, 0.3) is 0 Å². The third kappa shape index (κ3) is 3.47. The average molecular weight is 262 g/mol. The molecule has 5 heteroatoms. The molecule has 1 aliphatic rings. The number of nitrogens with zero attached hydrogens (tertiary/aromatic N) is 1. The van der Waals surface area contributed by atoms with Gasteiger partial charge in [0.05, 0.1) is 12.8 Å². The number of carbonyl (C=O) groups is 2. The van der Waals surface area contributed by atoms with Crippen LogP contribution < -0.4 is 15.0 Å². The van der Waals surface area contributed by atoms with Gasteiger partial charge in [0, 0.05) is 13.0 Å². The molecule has 0 aliphatic heterocycles. The van der Waals surface area contributed by atoms with E-state index >= 15 is 0 Å². The molecule has 1 saturated carbocycles. The van der Waals surface area contributed by atoms with E-state index in [1.165, 1.54) is 11.8 Å². The van der Waals surface area contributed by atoms with E-state index in [4.69, 9.17) is 4.74 Å². The van der Waals surface area contributed by atoms with E-state index in [1.807, 2.05) is 12.1 Å². The van der Waals surface area contributed by atoms with Crippen molar-refractivity contribution in [3.05, 3.63) is 24.3 Å². The lowest BCUT2D eigenvalue weighted by atomic mass is 10.2. The van der Waals surface area contributed by atoms with Crippen LogP contribution in [0, 0.1) is 0 Å². The number of hydrogen-bond donors (Lipinski definition) is 1. The van der Waals surface area contributed by atoms with Crippen LogP contribution in [0.1, 0.15) is 19.8 Å². The van der Waals surface area contributed by atoms with Crippen molar-refractivity contribution in [1.29, 1.82) is 0 Å². The quantitative estimate of drug-likeness (QED) is 0.870. The van der Waals surface area contributed by atoms with E-state index in [1.54, 1.807) is 19.2 Å². The lowest BCUT2D eigenvalue weighted by molar-refractivity contribution is -0.123. The lowest BCUT2D eigenvalue weighted by Gasteiger charge is -2.22. The monoisotopic (exact) mass is 262 g/mol. The van der Waals surface area contributed by atoms with Crippen LogP contribution >= 0.6 is 0 Å². The summed E-state index contributed by atoms with van der Waals surface area (Å²) >= 11 is 0. The van der Waals surface area contributed by atoms with Gasteiger partial charge in [-0.15, -0.1) is 0 Å². The van der Waals surface area contributed by atoms with Crippen LogP contribution in [0.25, 0.3) is 0 Å². The molecule has 2 rings (SSSR count). The molecule has 0 spiro atoms. The molecule has 1 aliphatic carbocycles. The van der Waals surface area contributed by atoms with Gasteiger partial charge in [0.15, 0.2) is 0 Å². The Balaban J connectivity index is 2.14. The summed E-state index contributed by atoms with van der Waals surface area (Å²) in [6.07, 6.45) is 2.06. The minimum atomic E-state index is -0.185. The number of carbonyl (C=O) groups excluding carboxylic acids is 2. The van der Waals surface area contributed by atoms with Crippen molar-refractivity contribution in [2.24, 2.45) is 0 Å². The summed E-state index contributed by atoms with van der Waals surface area (Å²) in [6.45, 7) is 1.46. The second kappa shape index (κ2) is 5.73. The van der Waals surface area contributed by atoms with Gasteiger partial charge in [-0.05, 0) is 25.0 Å². The fraction of sp³-hybridized carbons (Fsp3) is 0.429. The third-order valence-corrected chi connectivity index (χ3v) is 3.00. The first-order valence-electron chi connectivity index (χ1n) is 6.32. The highest BCUT2D eigenvalue weighted by Crippen LogP contribution is 2.27. The SMILES string of the molecule is COc1ccccc1N(CC(=O)NC1CC1)C(C)=O. The van der Waals surface area contributed by atoms with E-state index in [-0.39, 0.29) is 18.4 Å². The number of para-hydroxylation sites is 2. The Kier molecular flexibility index (Phi) is 4.04. The predicted molar refractivity (Wildman–Crippen MR) is 72.2 cm³/mol. The Labute approximate surface area is 112 Å². The lowest BCUT2D eigenvalue weighted by Crippen LogP contribution is -2.40. The molecule has 0 atom stereocenters. The van der Waals surface area contributed by atoms with Crippen LogP contribution in [-0.2, 0) is 9.59 Å². The molecule has 0 bridgehead atoms. The largest absolute Gasteiger partial charge is 0.495 e.